The third kappa shape index (κ3) is 1.11. The fraction of sp³-hybridized carbons (Fsp3) is 0. The molecular formula is C15H8O. The van der Waals surface area contributed by atoms with Crippen LogP contribution in [0.2, 0.25) is 0 Å². The molecule has 0 N–H and O–H groups in total. The van der Waals surface area contributed by atoms with Gasteiger partial charge >= 0.3 is 0 Å². The first-order valence-electron chi connectivity index (χ1n) is 5.11. The highest BCUT2D eigenvalue weighted by Crippen LogP contribution is 2.42. The predicted octanol–water partition coefficient (Wildman–Crippen LogP) is 3.09. The number of benzene rings is 2. The van der Waals surface area contributed by atoms with Crippen molar-refractivity contribution in [2.45, 2.75) is 0 Å². The molecule has 0 fully saturated rings. The quantitative estimate of drug-likeness (QED) is 0.406. The third-order valence-corrected chi connectivity index (χ3v) is 2.86. The molecule has 0 unspecified atom stereocenters. The van der Waals surface area contributed by atoms with Crippen LogP contribution in [0.15, 0.2) is 54.3 Å². The fourth-order valence-corrected chi connectivity index (χ4v) is 2.20. The van der Waals surface area contributed by atoms with E-state index in [0.29, 0.717) is 0 Å². The van der Waals surface area contributed by atoms with Gasteiger partial charge in [-0.05, 0) is 28.0 Å². The van der Waals surface area contributed by atoms with Gasteiger partial charge in [0.25, 0.3) is 0 Å². The van der Waals surface area contributed by atoms with E-state index in [1.54, 1.807) is 5.94 Å². The first-order chi connectivity index (χ1) is 7.92. The average molecular weight is 204 g/mol. The van der Waals surface area contributed by atoms with Gasteiger partial charge < -0.3 is 0 Å². The van der Waals surface area contributed by atoms with E-state index in [0.717, 1.165) is 27.8 Å². The Morgan fingerprint density at radius 1 is 0.688 bits per heavy atom. The van der Waals surface area contributed by atoms with E-state index in [1.807, 2.05) is 36.4 Å². The molecule has 2 aromatic rings. The van der Waals surface area contributed by atoms with E-state index in [9.17, 15) is 4.79 Å². The van der Waals surface area contributed by atoms with Gasteiger partial charge in [-0.1, -0.05) is 48.5 Å². The maximum Gasteiger partial charge on any atom is 0.177 e. The summed E-state index contributed by atoms with van der Waals surface area (Å²) in [6, 6.07) is 16.1. The molecule has 0 aliphatic heterocycles. The Kier molecular flexibility index (Phi) is 1.88. The Bertz CT molecular complexity index is 607. The minimum Gasteiger partial charge on any atom is -0.224 e. The molecule has 0 radical (unpaired) electrons. The van der Waals surface area contributed by atoms with Gasteiger partial charge in [-0.2, -0.15) is 0 Å². The van der Waals surface area contributed by atoms with Crippen molar-refractivity contribution >= 4 is 11.5 Å². The maximum absolute atomic E-state index is 10.5. The van der Waals surface area contributed by atoms with Gasteiger partial charge in [0.2, 0.25) is 0 Å². The van der Waals surface area contributed by atoms with Gasteiger partial charge in [0.15, 0.2) is 5.94 Å². The summed E-state index contributed by atoms with van der Waals surface area (Å²) in [6.07, 6.45) is 0. The van der Waals surface area contributed by atoms with Gasteiger partial charge in [0, 0.05) is 5.57 Å². The summed E-state index contributed by atoms with van der Waals surface area (Å²) in [7, 11) is 0. The van der Waals surface area contributed by atoms with E-state index in [4.69, 9.17) is 0 Å². The number of hydrogen-bond acceptors (Lipinski definition) is 1. The van der Waals surface area contributed by atoms with E-state index in [1.165, 1.54) is 0 Å². The molecular weight excluding hydrogens is 196 g/mol. The summed E-state index contributed by atoms with van der Waals surface area (Å²) in [6.45, 7) is 0. The first kappa shape index (κ1) is 8.94. The Hall–Kier alpha value is -2.33. The van der Waals surface area contributed by atoms with Crippen LogP contribution in [0.1, 0.15) is 11.1 Å². The van der Waals surface area contributed by atoms with Gasteiger partial charge in [0.1, 0.15) is 0 Å². The van der Waals surface area contributed by atoms with E-state index in [2.05, 4.69) is 17.9 Å². The summed E-state index contributed by atoms with van der Waals surface area (Å²) >= 11 is 0. The highest BCUT2D eigenvalue weighted by Gasteiger charge is 2.21. The van der Waals surface area contributed by atoms with Crippen LogP contribution < -0.4 is 0 Å². The van der Waals surface area contributed by atoms with Crippen LogP contribution >= 0.6 is 0 Å². The Morgan fingerprint density at radius 2 is 1.12 bits per heavy atom. The molecule has 0 bridgehead atoms. The molecule has 0 spiro atoms. The van der Waals surface area contributed by atoms with Gasteiger partial charge in [-0.25, -0.2) is 4.79 Å². The minimum absolute atomic E-state index is 0.848. The Morgan fingerprint density at radius 3 is 1.56 bits per heavy atom. The molecule has 1 nitrogen and oxygen atoms in total. The molecule has 0 saturated carbocycles. The zero-order chi connectivity index (χ0) is 11.0. The number of rotatable bonds is 0. The molecule has 1 aliphatic rings. The lowest BCUT2D eigenvalue weighted by molar-refractivity contribution is 0.569. The molecule has 0 saturated heterocycles. The van der Waals surface area contributed by atoms with Crippen molar-refractivity contribution in [3.63, 3.8) is 0 Å². The van der Waals surface area contributed by atoms with Gasteiger partial charge in [0.05, 0.1) is 0 Å². The smallest absolute Gasteiger partial charge is 0.177 e. The summed E-state index contributed by atoms with van der Waals surface area (Å²) in [4.78, 5) is 10.5. The normalized spacial score (nSPS) is 11.4. The standard InChI is InChI=1S/C15H8O/c16-10-9-15-13-7-3-1-5-11(13)12-6-2-4-8-14(12)15/h1-8H. The summed E-state index contributed by atoms with van der Waals surface area (Å²) < 4.78 is 0. The van der Waals surface area contributed by atoms with Crippen LogP contribution in [0, 0.1) is 0 Å². The van der Waals surface area contributed by atoms with Gasteiger partial charge in [-0.3, -0.25) is 0 Å². The molecule has 2 aromatic carbocycles. The summed E-state index contributed by atoms with van der Waals surface area (Å²) in [5.41, 5.74) is 7.97. The molecule has 16 heavy (non-hydrogen) atoms. The van der Waals surface area contributed by atoms with Gasteiger partial charge in [-0.15, -0.1) is 0 Å². The monoisotopic (exact) mass is 204 g/mol. The average Bonchev–Trinajstić information content (AvgIpc) is 2.66. The van der Waals surface area contributed by atoms with Crippen LogP contribution in [-0.2, 0) is 4.79 Å². The molecule has 1 aliphatic carbocycles. The van der Waals surface area contributed by atoms with Crippen LogP contribution in [0.4, 0.5) is 0 Å². The molecule has 3 rings (SSSR count). The SMILES string of the molecule is O=C=C=C1c2ccccc2-c2ccccc21. The first-order valence-corrected chi connectivity index (χ1v) is 5.11. The van der Waals surface area contributed by atoms with Crippen LogP contribution in [0.25, 0.3) is 16.7 Å². The van der Waals surface area contributed by atoms with Crippen molar-refractivity contribution in [3.8, 4) is 11.1 Å². The third-order valence-electron chi connectivity index (χ3n) is 2.86. The van der Waals surface area contributed by atoms with Crippen LogP contribution in [0.5, 0.6) is 0 Å². The number of carbonyl (C=O) groups excluding carboxylic acids is 1. The van der Waals surface area contributed by atoms with Crippen molar-refractivity contribution < 1.29 is 4.79 Å². The minimum atomic E-state index is 0.848. The molecule has 1 heteroatoms. The zero-order valence-electron chi connectivity index (χ0n) is 8.53. The van der Waals surface area contributed by atoms with Crippen LogP contribution in [0.3, 0.4) is 0 Å². The Balaban J connectivity index is 2.48. The van der Waals surface area contributed by atoms with E-state index >= 15 is 0 Å². The highest BCUT2D eigenvalue weighted by atomic mass is 16.1. The zero-order valence-corrected chi connectivity index (χ0v) is 8.53. The van der Waals surface area contributed by atoms with Crippen molar-refractivity contribution in [1.29, 1.82) is 0 Å². The molecule has 0 atom stereocenters. The summed E-state index contributed by atoms with van der Waals surface area (Å²) in [5, 5.41) is 0. The fourth-order valence-electron chi connectivity index (χ4n) is 2.20. The second-order valence-electron chi connectivity index (χ2n) is 3.69. The van der Waals surface area contributed by atoms with Crippen molar-refractivity contribution in [1.82, 2.24) is 0 Å². The van der Waals surface area contributed by atoms with Crippen molar-refractivity contribution in [2.24, 2.45) is 0 Å². The second-order valence-corrected chi connectivity index (χ2v) is 3.69. The lowest BCUT2D eigenvalue weighted by Crippen LogP contribution is -1.77. The van der Waals surface area contributed by atoms with E-state index < -0.39 is 0 Å². The topological polar surface area (TPSA) is 17.1 Å². The molecule has 0 amide bonds. The summed E-state index contributed by atoms with van der Waals surface area (Å²) in [5.74, 6) is 1.75. The maximum atomic E-state index is 10.5. The molecule has 74 valence electrons. The second kappa shape index (κ2) is 3.36. The van der Waals surface area contributed by atoms with E-state index in [-0.39, 0.29) is 0 Å². The van der Waals surface area contributed by atoms with Crippen molar-refractivity contribution in [2.75, 3.05) is 0 Å². The number of fused-ring (bicyclic) bond motifs is 3. The Labute approximate surface area is 93.4 Å². The largest absolute Gasteiger partial charge is 0.224 e. The molecule has 0 aromatic heterocycles. The van der Waals surface area contributed by atoms with Crippen molar-refractivity contribution in [3.05, 3.63) is 65.4 Å². The lowest BCUT2D eigenvalue weighted by Gasteiger charge is -1.97. The lowest BCUT2D eigenvalue weighted by atomic mass is 10.1. The molecule has 0 heterocycles. The predicted molar refractivity (Wildman–Crippen MR) is 63.6 cm³/mol. The highest BCUT2D eigenvalue weighted by molar-refractivity contribution is 6.01. The number of hydrogen-bond donors (Lipinski definition) is 0. The van der Waals surface area contributed by atoms with Crippen LogP contribution in [-0.4, -0.2) is 5.94 Å².